The van der Waals surface area contributed by atoms with E-state index in [-0.39, 0.29) is 17.9 Å². The number of nitrogens with one attached hydrogen (secondary N) is 1. The molecule has 2 fully saturated rings. The van der Waals surface area contributed by atoms with Gasteiger partial charge in [-0.05, 0) is 36.8 Å². The molecule has 1 spiro atoms. The van der Waals surface area contributed by atoms with Crippen LogP contribution in [0.2, 0.25) is 0 Å². The first kappa shape index (κ1) is 17.5. The maximum atomic E-state index is 12.7. The van der Waals surface area contributed by atoms with Crippen molar-refractivity contribution in [3.8, 4) is 0 Å². The largest absolute Gasteiger partial charge is 0.386 e. The lowest BCUT2D eigenvalue weighted by atomic mass is 9.96. The summed E-state index contributed by atoms with van der Waals surface area (Å²) in [7, 11) is 0. The standard InChI is InChI=1S/C18H23N3O4S/c1-12-4-8-26-15(12)17(23)21-6-5-18(11-21)9-14(20-25-18)16(22)19-10-13-3-2-7-24-13/h4,8,13H,2-3,5-7,9-11H2,1H3,(H,19,22)/t13-,18-/m0/s1. The minimum absolute atomic E-state index is 0.0364. The van der Waals surface area contributed by atoms with Crippen molar-refractivity contribution in [3.63, 3.8) is 0 Å². The first-order valence-electron chi connectivity index (χ1n) is 9.05. The third-order valence-electron chi connectivity index (χ3n) is 5.28. The Labute approximate surface area is 156 Å². The van der Waals surface area contributed by atoms with Crippen molar-refractivity contribution in [3.05, 3.63) is 21.9 Å². The van der Waals surface area contributed by atoms with Gasteiger partial charge in [-0.15, -0.1) is 11.3 Å². The van der Waals surface area contributed by atoms with E-state index in [2.05, 4.69) is 10.5 Å². The number of aryl methyl sites for hydroxylation is 1. The Kier molecular flexibility index (Phi) is 4.71. The molecule has 0 unspecified atom stereocenters. The number of rotatable bonds is 4. The zero-order valence-electron chi connectivity index (χ0n) is 14.8. The number of hydrogen-bond donors (Lipinski definition) is 1. The highest BCUT2D eigenvalue weighted by Crippen LogP contribution is 2.35. The number of hydrogen-bond acceptors (Lipinski definition) is 6. The first-order chi connectivity index (χ1) is 12.6. The van der Waals surface area contributed by atoms with Gasteiger partial charge >= 0.3 is 0 Å². The second-order valence-corrected chi connectivity index (χ2v) is 8.16. The SMILES string of the molecule is Cc1ccsc1C(=O)N1CC[C@]2(CC(C(=O)NC[C@@H]3CCCO3)=NO2)C1. The molecule has 1 aromatic heterocycles. The Morgan fingerprint density at radius 1 is 1.50 bits per heavy atom. The molecule has 7 nitrogen and oxygen atoms in total. The number of carbonyl (C=O) groups is 2. The summed E-state index contributed by atoms with van der Waals surface area (Å²) in [6.07, 6.45) is 3.25. The predicted molar refractivity (Wildman–Crippen MR) is 97.4 cm³/mol. The monoisotopic (exact) mass is 377 g/mol. The lowest BCUT2D eigenvalue weighted by Gasteiger charge is -2.21. The van der Waals surface area contributed by atoms with Crippen LogP contribution in [0.1, 0.15) is 40.9 Å². The van der Waals surface area contributed by atoms with E-state index in [4.69, 9.17) is 9.57 Å². The maximum Gasteiger partial charge on any atom is 0.269 e. The number of carbonyl (C=O) groups excluding carboxylic acids is 2. The van der Waals surface area contributed by atoms with Crippen molar-refractivity contribution in [2.45, 2.75) is 44.3 Å². The van der Waals surface area contributed by atoms with Crippen molar-refractivity contribution in [1.82, 2.24) is 10.2 Å². The van der Waals surface area contributed by atoms with Crippen LogP contribution in [0.5, 0.6) is 0 Å². The summed E-state index contributed by atoms with van der Waals surface area (Å²) < 4.78 is 5.52. The van der Waals surface area contributed by atoms with Crippen molar-refractivity contribution in [1.29, 1.82) is 0 Å². The molecule has 3 aliphatic rings. The molecule has 0 radical (unpaired) electrons. The van der Waals surface area contributed by atoms with Crippen LogP contribution in [-0.4, -0.2) is 60.4 Å². The number of oxime groups is 1. The Morgan fingerprint density at radius 2 is 2.38 bits per heavy atom. The Balaban J connectivity index is 1.32. The topological polar surface area (TPSA) is 80.2 Å². The van der Waals surface area contributed by atoms with E-state index in [1.54, 1.807) is 0 Å². The molecule has 0 aromatic carbocycles. The van der Waals surface area contributed by atoms with E-state index in [0.717, 1.165) is 29.9 Å². The smallest absolute Gasteiger partial charge is 0.269 e. The van der Waals surface area contributed by atoms with Gasteiger partial charge in [-0.2, -0.15) is 0 Å². The molecule has 0 bridgehead atoms. The molecule has 4 heterocycles. The van der Waals surface area contributed by atoms with Crippen LogP contribution < -0.4 is 5.32 Å². The van der Waals surface area contributed by atoms with Gasteiger partial charge < -0.3 is 19.8 Å². The van der Waals surface area contributed by atoms with Crippen molar-refractivity contribution >= 4 is 28.9 Å². The molecule has 2 atom stereocenters. The number of likely N-dealkylation sites (tertiary alicyclic amines) is 1. The molecule has 26 heavy (non-hydrogen) atoms. The zero-order chi connectivity index (χ0) is 18.1. The molecule has 2 saturated heterocycles. The average molecular weight is 377 g/mol. The van der Waals surface area contributed by atoms with Gasteiger partial charge in [0.05, 0.1) is 17.5 Å². The highest BCUT2D eigenvalue weighted by Gasteiger charge is 2.48. The minimum atomic E-state index is -0.558. The summed E-state index contributed by atoms with van der Waals surface area (Å²) in [5.74, 6) is -0.162. The molecule has 2 amide bonds. The average Bonchev–Trinajstić information content (AvgIpc) is 3.42. The van der Waals surface area contributed by atoms with Gasteiger partial charge in [0.2, 0.25) is 0 Å². The van der Waals surface area contributed by atoms with Gasteiger partial charge in [0, 0.05) is 32.5 Å². The molecule has 0 saturated carbocycles. The van der Waals surface area contributed by atoms with Gasteiger partial charge in [-0.1, -0.05) is 5.16 Å². The van der Waals surface area contributed by atoms with Crippen LogP contribution in [0.25, 0.3) is 0 Å². The van der Waals surface area contributed by atoms with Gasteiger partial charge in [-0.3, -0.25) is 9.59 Å². The highest BCUT2D eigenvalue weighted by molar-refractivity contribution is 7.12. The number of nitrogens with zero attached hydrogens (tertiary/aromatic N) is 2. The van der Waals surface area contributed by atoms with Crippen LogP contribution in [0, 0.1) is 6.92 Å². The second-order valence-electron chi connectivity index (χ2n) is 7.24. The van der Waals surface area contributed by atoms with Gasteiger partial charge in [0.25, 0.3) is 11.8 Å². The molecule has 1 aromatic rings. The lowest BCUT2D eigenvalue weighted by Crippen LogP contribution is -2.40. The van der Waals surface area contributed by atoms with Crippen molar-refractivity contribution in [2.24, 2.45) is 5.16 Å². The number of thiophene rings is 1. The lowest BCUT2D eigenvalue weighted by molar-refractivity contribution is -0.115. The van der Waals surface area contributed by atoms with E-state index < -0.39 is 5.60 Å². The van der Waals surface area contributed by atoms with E-state index >= 15 is 0 Å². The zero-order valence-corrected chi connectivity index (χ0v) is 15.6. The normalized spacial score (nSPS) is 27.7. The summed E-state index contributed by atoms with van der Waals surface area (Å²) in [6, 6.07) is 1.95. The molecule has 4 rings (SSSR count). The summed E-state index contributed by atoms with van der Waals surface area (Å²) >= 11 is 1.46. The second kappa shape index (κ2) is 7.00. The Bertz CT molecular complexity index is 741. The van der Waals surface area contributed by atoms with Crippen LogP contribution in [-0.2, 0) is 14.4 Å². The van der Waals surface area contributed by atoms with Crippen LogP contribution in [0.15, 0.2) is 16.6 Å². The Morgan fingerprint density at radius 3 is 3.12 bits per heavy atom. The van der Waals surface area contributed by atoms with E-state index in [9.17, 15) is 9.59 Å². The molecule has 140 valence electrons. The first-order valence-corrected chi connectivity index (χ1v) is 9.92. The summed E-state index contributed by atoms with van der Waals surface area (Å²) in [5, 5.41) is 8.83. The molecule has 0 aliphatic carbocycles. The number of amides is 2. The molecule has 3 aliphatic heterocycles. The van der Waals surface area contributed by atoms with Crippen molar-refractivity contribution < 1.29 is 19.2 Å². The number of ether oxygens (including phenoxy) is 1. The highest BCUT2D eigenvalue weighted by atomic mass is 32.1. The predicted octanol–water partition coefficient (Wildman–Crippen LogP) is 1.71. The molecule has 8 heteroatoms. The Hall–Kier alpha value is -1.93. The third-order valence-corrected chi connectivity index (χ3v) is 6.28. The maximum absolute atomic E-state index is 12.7. The van der Waals surface area contributed by atoms with Gasteiger partial charge in [0.15, 0.2) is 5.60 Å². The van der Waals surface area contributed by atoms with Crippen LogP contribution in [0.3, 0.4) is 0 Å². The molecular weight excluding hydrogens is 354 g/mol. The summed E-state index contributed by atoms with van der Waals surface area (Å²) in [4.78, 5) is 33.2. The van der Waals surface area contributed by atoms with Crippen molar-refractivity contribution in [2.75, 3.05) is 26.2 Å². The summed E-state index contributed by atoms with van der Waals surface area (Å²) in [6.45, 7) is 4.31. The van der Waals surface area contributed by atoms with E-state index in [1.807, 2.05) is 23.3 Å². The van der Waals surface area contributed by atoms with Crippen LogP contribution in [0.4, 0.5) is 0 Å². The quantitative estimate of drug-likeness (QED) is 0.866. The van der Waals surface area contributed by atoms with E-state index in [1.165, 1.54) is 11.3 Å². The third kappa shape index (κ3) is 3.35. The fourth-order valence-electron chi connectivity index (χ4n) is 3.73. The van der Waals surface area contributed by atoms with Crippen LogP contribution >= 0.6 is 11.3 Å². The van der Waals surface area contributed by atoms with E-state index in [0.29, 0.717) is 38.2 Å². The fraction of sp³-hybridized carbons (Fsp3) is 0.611. The minimum Gasteiger partial charge on any atom is -0.386 e. The summed E-state index contributed by atoms with van der Waals surface area (Å²) in [5.41, 5.74) is 0.848. The molecule has 1 N–H and O–H groups in total. The fourth-order valence-corrected chi connectivity index (χ4v) is 4.62. The van der Waals surface area contributed by atoms with Gasteiger partial charge in [-0.25, -0.2) is 0 Å². The van der Waals surface area contributed by atoms with Gasteiger partial charge in [0.1, 0.15) is 5.71 Å². The molecular formula is C18H23N3O4S.